The third-order valence-electron chi connectivity index (χ3n) is 3.31. The Labute approximate surface area is 129 Å². The Balaban J connectivity index is 1.84. The lowest BCUT2D eigenvalue weighted by Crippen LogP contribution is -2.34. The van der Waals surface area contributed by atoms with Crippen LogP contribution in [0.15, 0.2) is 34.9 Å². The first-order valence-electron chi connectivity index (χ1n) is 6.89. The van der Waals surface area contributed by atoms with Gasteiger partial charge in [-0.1, -0.05) is 6.07 Å². The molecule has 1 aromatic carbocycles. The fourth-order valence-electron chi connectivity index (χ4n) is 2.01. The molecule has 118 valence electrons. The van der Waals surface area contributed by atoms with Gasteiger partial charge in [0.2, 0.25) is 0 Å². The summed E-state index contributed by atoms with van der Waals surface area (Å²) in [6.07, 6.45) is 1.61. The van der Waals surface area contributed by atoms with Gasteiger partial charge in [0.1, 0.15) is 5.76 Å². The maximum absolute atomic E-state index is 11.8. The monoisotopic (exact) mass is 304 g/mol. The molecule has 0 fully saturated rings. The molecule has 2 aromatic rings. The van der Waals surface area contributed by atoms with E-state index in [2.05, 4.69) is 10.6 Å². The van der Waals surface area contributed by atoms with Crippen LogP contribution in [0, 0.1) is 6.92 Å². The first kappa shape index (κ1) is 15.8. The first-order valence-corrected chi connectivity index (χ1v) is 6.89. The number of benzene rings is 1. The number of furan rings is 1. The molecule has 1 aromatic heterocycles. The van der Waals surface area contributed by atoms with Crippen LogP contribution in [0.4, 0.5) is 4.79 Å². The van der Waals surface area contributed by atoms with Crippen molar-refractivity contribution in [3.05, 3.63) is 47.4 Å². The Morgan fingerprint density at radius 1 is 1.09 bits per heavy atom. The zero-order valence-electron chi connectivity index (χ0n) is 12.9. The van der Waals surface area contributed by atoms with Crippen LogP contribution in [0.3, 0.4) is 0 Å². The van der Waals surface area contributed by atoms with Gasteiger partial charge in [-0.2, -0.15) is 0 Å². The second-order valence-corrected chi connectivity index (χ2v) is 4.73. The number of hydrogen-bond acceptors (Lipinski definition) is 4. The van der Waals surface area contributed by atoms with Crippen LogP contribution in [0.5, 0.6) is 11.5 Å². The third-order valence-corrected chi connectivity index (χ3v) is 3.31. The van der Waals surface area contributed by atoms with Crippen molar-refractivity contribution in [2.75, 3.05) is 14.2 Å². The van der Waals surface area contributed by atoms with E-state index in [1.54, 1.807) is 20.5 Å². The van der Waals surface area contributed by atoms with Gasteiger partial charge in [-0.15, -0.1) is 0 Å². The quantitative estimate of drug-likeness (QED) is 0.860. The van der Waals surface area contributed by atoms with Gasteiger partial charge in [-0.25, -0.2) is 4.79 Å². The summed E-state index contributed by atoms with van der Waals surface area (Å²) in [5.41, 5.74) is 1.88. The molecule has 6 heteroatoms. The summed E-state index contributed by atoms with van der Waals surface area (Å²) in [6, 6.07) is 7.11. The fourth-order valence-corrected chi connectivity index (χ4v) is 2.01. The normalized spacial score (nSPS) is 10.1. The van der Waals surface area contributed by atoms with Crippen molar-refractivity contribution >= 4 is 6.03 Å². The molecule has 22 heavy (non-hydrogen) atoms. The minimum Gasteiger partial charge on any atom is -0.493 e. The summed E-state index contributed by atoms with van der Waals surface area (Å²) in [7, 11) is 3.16. The van der Waals surface area contributed by atoms with E-state index in [9.17, 15) is 4.79 Å². The maximum atomic E-state index is 11.8. The van der Waals surface area contributed by atoms with Crippen LogP contribution in [0.2, 0.25) is 0 Å². The molecule has 0 bridgehead atoms. The average molecular weight is 304 g/mol. The molecular weight excluding hydrogens is 284 g/mol. The van der Waals surface area contributed by atoms with Gasteiger partial charge in [-0.3, -0.25) is 0 Å². The SMILES string of the molecule is COc1ccc(CNC(=O)NCc2ccoc2C)cc1OC. The standard InChI is InChI=1S/C16H20N2O4/c1-11-13(6-7-22-11)10-18-16(19)17-9-12-4-5-14(20-2)15(8-12)21-3/h4-8H,9-10H2,1-3H3,(H2,17,18,19). The molecule has 1 heterocycles. The Hall–Kier alpha value is -2.63. The number of amides is 2. The lowest BCUT2D eigenvalue weighted by Gasteiger charge is -2.11. The minimum atomic E-state index is -0.240. The van der Waals surface area contributed by atoms with Crippen LogP contribution < -0.4 is 20.1 Å². The summed E-state index contributed by atoms with van der Waals surface area (Å²) in [6.45, 7) is 2.69. The summed E-state index contributed by atoms with van der Waals surface area (Å²) >= 11 is 0. The molecule has 2 N–H and O–H groups in total. The average Bonchev–Trinajstić information content (AvgIpc) is 2.95. The van der Waals surface area contributed by atoms with Gasteiger partial charge in [0.25, 0.3) is 0 Å². The predicted molar refractivity (Wildman–Crippen MR) is 82.1 cm³/mol. The van der Waals surface area contributed by atoms with E-state index < -0.39 is 0 Å². The third kappa shape index (κ3) is 3.94. The van der Waals surface area contributed by atoms with Crippen molar-refractivity contribution in [1.29, 1.82) is 0 Å². The zero-order chi connectivity index (χ0) is 15.9. The van der Waals surface area contributed by atoms with Crippen molar-refractivity contribution in [3.8, 4) is 11.5 Å². The number of rotatable bonds is 6. The molecule has 0 unspecified atom stereocenters. The van der Waals surface area contributed by atoms with Gasteiger partial charge in [0, 0.05) is 18.7 Å². The number of hydrogen-bond donors (Lipinski definition) is 2. The number of urea groups is 1. The minimum absolute atomic E-state index is 0.240. The number of nitrogens with one attached hydrogen (secondary N) is 2. The van der Waals surface area contributed by atoms with Gasteiger partial charge >= 0.3 is 6.03 Å². The summed E-state index contributed by atoms with van der Waals surface area (Å²) < 4.78 is 15.6. The molecular formula is C16H20N2O4. The summed E-state index contributed by atoms with van der Waals surface area (Å²) in [5, 5.41) is 5.57. The molecule has 6 nitrogen and oxygen atoms in total. The molecule has 0 aliphatic carbocycles. The van der Waals surface area contributed by atoms with Gasteiger partial charge in [0.05, 0.1) is 20.5 Å². The zero-order valence-corrected chi connectivity index (χ0v) is 12.9. The Kier molecular flexibility index (Phi) is 5.30. The van der Waals surface area contributed by atoms with Crippen LogP contribution in [-0.2, 0) is 13.1 Å². The highest BCUT2D eigenvalue weighted by Gasteiger charge is 2.07. The highest BCUT2D eigenvalue weighted by molar-refractivity contribution is 5.73. The van der Waals surface area contributed by atoms with Crippen molar-refractivity contribution < 1.29 is 18.7 Å². The number of methoxy groups -OCH3 is 2. The van der Waals surface area contributed by atoms with E-state index in [1.807, 2.05) is 31.2 Å². The topological polar surface area (TPSA) is 72.7 Å². The Morgan fingerprint density at radius 2 is 1.82 bits per heavy atom. The number of carbonyl (C=O) groups is 1. The van der Waals surface area contributed by atoms with Crippen molar-refractivity contribution in [3.63, 3.8) is 0 Å². The fraction of sp³-hybridized carbons (Fsp3) is 0.312. The van der Waals surface area contributed by atoms with E-state index in [0.717, 1.165) is 16.9 Å². The first-order chi connectivity index (χ1) is 10.6. The molecule has 0 spiro atoms. The van der Waals surface area contributed by atoms with Crippen molar-refractivity contribution in [1.82, 2.24) is 10.6 Å². The molecule has 2 amide bonds. The van der Waals surface area contributed by atoms with Gasteiger partial charge in [0.15, 0.2) is 11.5 Å². The molecule has 0 radical (unpaired) electrons. The van der Waals surface area contributed by atoms with Crippen LogP contribution in [0.1, 0.15) is 16.9 Å². The van der Waals surface area contributed by atoms with E-state index >= 15 is 0 Å². The molecule has 0 saturated carbocycles. The van der Waals surface area contributed by atoms with Crippen molar-refractivity contribution in [2.24, 2.45) is 0 Å². The highest BCUT2D eigenvalue weighted by atomic mass is 16.5. The smallest absolute Gasteiger partial charge is 0.315 e. The van der Waals surface area contributed by atoms with Gasteiger partial charge in [-0.05, 0) is 30.7 Å². The highest BCUT2D eigenvalue weighted by Crippen LogP contribution is 2.27. The van der Waals surface area contributed by atoms with Crippen LogP contribution in [0.25, 0.3) is 0 Å². The number of aryl methyl sites for hydroxylation is 1. The van der Waals surface area contributed by atoms with Gasteiger partial charge < -0.3 is 24.5 Å². The second kappa shape index (κ2) is 7.40. The molecule has 0 saturated heterocycles. The van der Waals surface area contributed by atoms with Crippen molar-refractivity contribution in [2.45, 2.75) is 20.0 Å². The summed E-state index contributed by atoms with van der Waals surface area (Å²) in [4.78, 5) is 11.8. The summed E-state index contributed by atoms with van der Waals surface area (Å²) in [5.74, 6) is 2.10. The molecule has 0 atom stereocenters. The second-order valence-electron chi connectivity index (χ2n) is 4.73. The largest absolute Gasteiger partial charge is 0.493 e. The molecule has 2 rings (SSSR count). The lowest BCUT2D eigenvalue weighted by molar-refractivity contribution is 0.240. The van der Waals surface area contributed by atoms with E-state index in [1.165, 1.54) is 0 Å². The van der Waals surface area contributed by atoms with E-state index in [-0.39, 0.29) is 6.03 Å². The van der Waals surface area contributed by atoms with E-state index in [4.69, 9.17) is 13.9 Å². The lowest BCUT2D eigenvalue weighted by atomic mass is 10.2. The predicted octanol–water partition coefficient (Wildman–Crippen LogP) is 2.60. The Morgan fingerprint density at radius 3 is 2.45 bits per heavy atom. The van der Waals surface area contributed by atoms with Crippen LogP contribution >= 0.6 is 0 Å². The number of ether oxygens (including phenoxy) is 2. The van der Waals surface area contributed by atoms with Crippen LogP contribution in [-0.4, -0.2) is 20.3 Å². The molecule has 0 aliphatic heterocycles. The Bertz CT molecular complexity index is 637. The number of carbonyl (C=O) groups excluding carboxylic acids is 1. The molecule has 0 aliphatic rings. The van der Waals surface area contributed by atoms with E-state index in [0.29, 0.717) is 24.6 Å². The maximum Gasteiger partial charge on any atom is 0.315 e.